The number of thiophene rings is 1. The number of rotatable bonds is 5. The van der Waals surface area contributed by atoms with Crippen LogP contribution in [0, 0.1) is 0 Å². The highest BCUT2D eigenvalue weighted by Crippen LogP contribution is 2.32. The molecule has 0 spiro atoms. The highest BCUT2D eigenvalue weighted by Gasteiger charge is 2.37. The average Bonchev–Trinajstić information content (AvgIpc) is 3.47. The van der Waals surface area contributed by atoms with E-state index >= 15 is 0 Å². The number of aromatic nitrogens is 4. The number of aryl methyl sites for hydroxylation is 1. The lowest BCUT2D eigenvalue weighted by Crippen LogP contribution is -2.49. The van der Waals surface area contributed by atoms with Crippen LogP contribution in [-0.2, 0) is 7.05 Å². The average molecular weight is 421 g/mol. The van der Waals surface area contributed by atoms with Gasteiger partial charge < -0.3 is 14.2 Å². The Labute approximate surface area is 176 Å². The predicted molar refractivity (Wildman–Crippen MR) is 111 cm³/mol. The molecule has 0 saturated carbocycles. The van der Waals surface area contributed by atoms with Crippen molar-refractivity contribution in [1.82, 2.24) is 24.8 Å². The highest BCUT2D eigenvalue weighted by molar-refractivity contribution is 7.13. The maximum absolute atomic E-state index is 13.0. The highest BCUT2D eigenvalue weighted by atomic mass is 32.1. The standard InChI is InChI=1S/C21H19N5O3S/c1-25-16(10-15(23-25)14-6-3-4-7-17(14)28-2)21(27)26-11-13(12-26)20-22-19(24-29-20)18-8-5-9-30-18/h3-10,13H,11-12H2,1-2H3. The van der Waals surface area contributed by atoms with Crippen molar-refractivity contribution in [3.05, 3.63) is 59.4 Å². The van der Waals surface area contributed by atoms with E-state index in [9.17, 15) is 4.79 Å². The first-order valence-electron chi connectivity index (χ1n) is 9.48. The molecule has 8 nitrogen and oxygen atoms in total. The SMILES string of the molecule is COc1ccccc1-c1cc(C(=O)N2CC(c3nc(-c4cccs4)no3)C2)n(C)n1. The Kier molecular flexibility index (Phi) is 4.59. The van der Waals surface area contributed by atoms with E-state index in [1.807, 2.05) is 41.8 Å². The quantitative estimate of drug-likeness (QED) is 0.491. The van der Waals surface area contributed by atoms with E-state index in [0.717, 1.165) is 16.2 Å². The predicted octanol–water partition coefficient (Wildman–Crippen LogP) is 3.45. The zero-order chi connectivity index (χ0) is 20.7. The second-order valence-electron chi connectivity index (χ2n) is 7.08. The number of carbonyl (C=O) groups is 1. The number of para-hydroxylation sites is 1. The molecule has 1 amide bonds. The van der Waals surface area contributed by atoms with Gasteiger partial charge in [-0.15, -0.1) is 11.3 Å². The van der Waals surface area contributed by atoms with Crippen LogP contribution in [0.5, 0.6) is 5.75 Å². The number of nitrogens with zero attached hydrogens (tertiary/aromatic N) is 5. The van der Waals surface area contributed by atoms with E-state index in [-0.39, 0.29) is 11.8 Å². The Morgan fingerprint density at radius 2 is 2.07 bits per heavy atom. The number of hydrogen-bond donors (Lipinski definition) is 0. The molecule has 0 radical (unpaired) electrons. The molecule has 4 aromatic rings. The summed E-state index contributed by atoms with van der Waals surface area (Å²) in [6, 6.07) is 13.3. The lowest BCUT2D eigenvalue weighted by Gasteiger charge is -2.36. The fourth-order valence-corrected chi connectivity index (χ4v) is 4.17. The molecule has 0 N–H and O–H groups in total. The molecule has 0 bridgehead atoms. The molecular weight excluding hydrogens is 402 g/mol. The summed E-state index contributed by atoms with van der Waals surface area (Å²) in [4.78, 5) is 20.2. The van der Waals surface area contributed by atoms with E-state index in [1.165, 1.54) is 0 Å². The van der Waals surface area contributed by atoms with E-state index in [4.69, 9.17) is 9.26 Å². The molecule has 5 rings (SSSR count). The molecule has 0 unspecified atom stereocenters. The summed E-state index contributed by atoms with van der Waals surface area (Å²) in [6.45, 7) is 1.08. The minimum absolute atomic E-state index is 0.0528. The molecule has 152 valence electrons. The molecule has 1 aromatic carbocycles. The zero-order valence-electron chi connectivity index (χ0n) is 16.5. The lowest BCUT2D eigenvalue weighted by atomic mass is 9.99. The smallest absolute Gasteiger partial charge is 0.272 e. The Balaban J connectivity index is 1.30. The fourth-order valence-electron chi connectivity index (χ4n) is 3.52. The van der Waals surface area contributed by atoms with Crippen molar-refractivity contribution in [3.63, 3.8) is 0 Å². The maximum atomic E-state index is 13.0. The molecule has 1 fully saturated rings. The van der Waals surface area contributed by atoms with Crippen molar-refractivity contribution in [1.29, 1.82) is 0 Å². The van der Waals surface area contributed by atoms with Gasteiger partial charge in [-0.25, -0.2) is 0 Å². The molecule has 4 heterocycles. The molecule has 1 saturated heterocycles. The number of benzene rings is 1. The van der Waals surface area contributed by atoms with Crippen LogP contribution in [0.3, 0.4) is 0 Å². The molecule has 0 aliphatic carbocycles. The van der Waals surface area contributed by atoms with Gasteiger partial charge in [0.2, 0.25) is 11.7 Å². The van der Waals surface area contributed by atoms with Crippen LogP contribution in [0.1, 0.15) is 22.3 Å². The van der Waals surface area contributed by atoms with Crippen LogP contribution in [0.4, 0.5) is 0 Å². The molecule has 3 aromatic heterocycles. The summed E-state index contributed by atoms with van der Waals surface area (Å²) in [5.41, 5.74) is 2.08. The summed E-state index contributed by atoms with van der Waals surface area (Å²) in [5.74, 6) is 1.87. The van der Waals surface area contributed by atoms with Gasteiger partial charge >= 0.3 is 0 Å². The summed E-state index contributed by atoms with van der Waals surface area (Å²) >= 11 is 1.57. The minimum atomic E-state index is -0.0691. The van der Waals surface area contributed by atoms with Crippen LogP contribution in [-0.4, -0.2) is 50.9 Å². The van der Waals surface area contributed by atoms with Crippen molar-refractivity contribution >= 4 is 17.2 Å². The summed E-state index contributed by atoms with van der Waals surface area (Å²) in [6.07, 6.45) is 0. The van der Waals surface area contributed by atoms with Crippen molar-refractivity contribution in [2.24, 2.45) is 7.05 Å². The Morgan fingerprint density at radius 1 is 1.23 bits per heavy atom. The summed E-state index contributed by atoms with van der Waals surface area (Å²) in [5, 5.41) is 10.5. The molecule has 0 atom stereocenters. The Bertz CT molecular complexity index is 1190. The van der Waals surface area contributed by atoms with Crippen LogP contribution in [0.2, 0.25) is 0 Å². The van der Waals surface area contributed by atoms with E-state index in [2.05, 4.69) is 15.2 Å². The molecule has 1 aliphatic heterocycles. The van der Waals surface area contributed by atoms with E-state index in [1.54, 1.807) is 41.1 Å². The van der Waals surface area contributed by atoms with Crippen molar-refractivity contribution in [3.8, 4) is 27.7 Å². The number of amides is 1. The van der Waals surface area contributed by atoms with Crippen molar-refractivity contribution < 1.29 is 14.1 Å². The van der Waals surface area contributed by atoms with Gasteiger partial charge in [0.25, 0.3) is 5.91 Å². The van der Waals surface area contributed by atoms with Crippen LogP contribution in [0.25, 0.3) is 22.0 Å². The fraction of sp³-hybridized carbons (Fsp3) is 0.238. The third-order valence-corrected chi connectivity index (χ3v) is 6.05. The van der Waals surface area contributed by atoms with Gasteiger partial charge in [0.05, 0.1) is 23.6 Å². The number of carbonyl (C=O) groups excluding carboxylic acids is 1. The second kappa shape index (κ2) is 7.42. The Hall–Kier alpha value is -3.46. The zero-order valence-corrected chi connectivity index (χ0v) is 17.3. The molecular formula is C21H19N5O3S. The third-order valence-electron chi connectivity index (χ3n) is 5.18. The normalized spacial score (nSPS) is 14.0. The summed E-state index contributed by atoms with van der Waals surface area (Å²) < 4.78 is 12.4. The first-order valence-corrected chi connectivity index (χ1v) is 10.4. The van der Waals surface area contributed by atoms with Gasteiger partial charge in [-0.1, -0.05) is 23.4 Å². The van der Waals surface area contributed by atoms with Gasteiger partial charge in [-0.3, -0.25) is 9.48 Å². The number of methoxy groups -OCH3 is 1. The first-order chi connectivity index (χ1) is 14.6. The van der Waals surface area contributed by atoms with Gasteiger partial charge in [0.1, 0.15) is 11.4 Å². The van der Waals surface area contributed by atoms with E-state index in [0.29, 0.717) is 36.2 Å². The Morgan fingerprint density at radius 3 is 2.83 bits per heavy atom. The molecule has 30 heavy (non-hydrogen) atoms. The lowest BCUT2D eigenvalue weighted by molar-refractivity contribution is 0.0558. The first kappa shape index (κ1) is 18.6. The monoisotopic (exact) mass is 421 g/mol. The van der Waals surface area contributed by atoms with E-state index < -0.39 is 0 Å². The maximum Gasteiger partial charge on any atom is 0.272 e. The molecule has 9 heteroatoms. The third kappa shape index (κ3) is 3.17. The largest absolute Gasteiger partial charge is 0.496 e. The van der Waals surface area contributed by atoms with Crippen LogP contribution in [0.15, 0.2) is 52.4 Å². The van der Waals surface area contributed by atoms with Crippen LogP contribution >= 0.6 is 11.3 Å². The van der Waals surface area contributed by atoms with Gasteiger partial charge in [0, 0.05) is 25.7 Å². The number of ether oxygens (including phenoxy) is 1. The van der Waals surface area contributed by atoms with Crippen molar-refractivity contribution in [2.45, 2.75) is 5.92 Å². The van der Waals surface area contributed by atoms with Gasteiger partial charge in [0.15, 0.2) is 0 Å². The number of likely N-dealkylation sites (tertiary alicyclic amines) is 1. The second-order valence-corrected chi connectivity index (χ2v) is 8.03. The van der Waals surface area contributed by atoms with Crippen LogP contribution < -0.4 is 4.74 Å². The molecule has 1 aliphatic rings. The topological polar surface area (TPSA) is 86.3 Å². The number of hydrogen-bond acceptors (Lipinski definition) is 7. The minimum Gasteiger partial charge on any atom is -0.496 e. The van der Waals surface area contributed by atoms with Crippen molar-refractivity contribution in [2.75, 3.05) is 20.2 Å². The van der Waals surface area contributed by atoms with Gasteiger partial charge in [-0.2, -0.15) is 10.1 Å². The summed E-state index contributed by atoms with van der Waals surface area (Å²) in [7, 11) is 3.39. The van der Waals surface area contributed by atoms with Gasteiger partial charge in [-0.05, 0) is 29.6 Å².